The van der Waals surface area contributed by atoms with Crippen molar-refractivity contribution in [3.8, 4) is 17.2 Å². The number of nitrogens with zero attached hydrogens (tertiary/aromatic N) is 9. The lowest BCUT2D eigenvalue weighted by atomic mass is 9.93. The number of aromatic amines is 1. The van der Waals surface area contributed by atoms with Crippen LogP contribution in [0.2, 0.25) is 10.0 Å². The monoisotopic (exact) mass is 710 g/mol. The minimum absolute atomic E-state index is 0.00404. The number of carbonyl (C=O) groups is 1. The van der Waals surface area contributed by atoms with Crippen LogP contribution in [0.3, 0.4) is 0 Å². The molecule has 16 heteroatoms. The summed E-state index contributed by atoms with van der Waals surface area (Å²) in [4.78, 5) is 23.3. The van der Waals surface area contributed by atoms with Gasteiger partial charge in [0.25, 0.3) is 6.43 Å². The van der Waals surface area contributed by atoms with E-state index in [1.165, 1.54) is 4.90 Å². The molecule has 0 bridgehead atoms. The quantitative estimate of drug-likeness (QED) is 0.196. The maximum absolute atomic E-state index is 17.1. The molecule has 254 valence electrons. The second-order valence-electron chi connectivity index (χ2n) is 12.7. The normalized spacial score (nSPS) is 18.9. The van der Waals surface area contributed by atoms with Crippen LogP contribution in [0.5, 0.6) is 0 Å². The van der Waals surface area contributed by atoms with E-state index in [0.717, 1.165) is 6.08 Å². The average Bonchev–Trinajstić information content (AvgIpc) is 3.69. The lowest BCUT2D eigenvalue weighted by Crippen LogP contribution is -2.57. The third kappa shape index (κ3) is 5.63. The molecule has 2 saturated heterocycles. The number of rotatable bonds is 7. The molecule has 1 N–H and O–H groups in total. The maximum atomic E-state index is 17.1. The summed E-state index contributed by atoms with van der Waals surface area (Å²) in [5.74, 6) is -0.741. The smallest absolute Gasteiger partial charge is 0.257 e. The third-order valence-corrected chi connectivity index (χ3v) is 10.4. The van der Waals surface area contributed by atoms with Gasteiger partial charge in [-0.2, -0.15) is 10.4 Å². The second kappa shape index (κ2) is 12.8. The Morgan fingerprint density at radius 2 is 1.96 bits per heavy atom. The van der Waals surface area contributed by atoms with Gasteiger partial charge in [-0.3, -0.25) is 9.89 Å². The number of allylic oxidation sites excluding steroid dienone is 1. The van der Waals surface area contributed by atoms with Crippen LogP contribution in [0.1, 0.15) is 30.9 Å². The largest absolute Gasteiger partial charge is 0.351 e. The molecule has 49 heavy (non-hydrogen) atoms. The van der Waals surface area contributed by atoms with Crippen molar-refractivity contribution in [2.24, 2.45) is 0 Å². The van der Waals surface area contributed by atoms with E-state index in [4.69, 9.17) is 28.2 Å². The summed E-state index contributed by atoms with van der Waals surface area (Å²) in [6.07, 6.45) is 0.921. The highest BCUT2D eigenvalue weighted by Gasteiger charge is 2.36. The number of nitriles is 1. The van der Waals surface area contributed by atoms with Gasteiger partial charge in [-0.25, -0.2) is 22.8 Å². The van der Waals surface area contributed by atoms with Gasteiger partial charge in [0.05, 0.1) is 35.3 Å². The fourth-order valence-electron chi connectivity index (χ4n) is 6.99. The molecular weight excluding hydrogens is 680 g/mol. The number of nitrogens with one attached hydrogen (secondary N) is 1. The van der Waals surface area contributed by atoms with E-state index in [9.17, 15) is 18.8 Å². The van der Waals surface area contributed by atoms with Crippen LogP contribution in [-0.4, -0.2) is 98.1 Å². The van der Waals surface area contributed by atoms with Crippen LogP contribution < -0.4 is 4.90 Å². The van der Waals surface area contributed by atoms with Crippen LogP contribution in [0.25, 0.3) is 44.0 Å². The Labute approximate surface area is 288 Å². The number of benzene rings is 2. The Kier molecular flexibility index (Phi) is 8.62. The summed E-state index contributed by atoms with van der Waals surface area (Å²) in [5, 5.41) is 27.3. The maximum Gasteiger partial charge on any atom is 0.257 e. The van der Waals surface area contributed by atoms with Crippen LogP contribution in [0.15, 0.2) is 30.5 Å². The molecule has 2 aliphatic heterocycles. The van der Waals surface area contributed by atoms with Gasteiger partial charge in [0.15, 0.2) is 17.2 Å². The molecule has 5 aromatic rings. The number of fused-ring (bicyclic) bond motifs is 4. The zero-order valence-corrected chi connectivity index (χ0v) is 28.3. The van der Waals surface area contributed by atoms with Crippen molar-refractivity contribution < 1.29 is 18.0 Å². The van der Waals surface area contributed by atoms with Crippen LogP contribution >= 0.6 is 23.2 Å². The van der Waals surface area contributed by atoms with Crippen LogP contribution in [-0.2, 0) is 4.79 Å². The fourth-order valence-corrected chi connectivity index (χ4v) is 7.48. The van der Waals surface area contributed by atoms with E-state index in [1.54, 1.807) is 29.9 Å². The number of halogens is 5. The standard InChI is InChI=1S/C33H31Cl2F3N10O/c1-16-22(34)12-24-21(13-40-42-24)27(16)28-23(35)11-20-30(29(28)38)41-33(46-14-19(15-46)45(2)3)31-32(20)48(44-43-31)18-7-9-47(17(10-18)6-8-39)26(49)5-4-25(36)37/h4-5,11-13,17-19,25H,6-7,9-10,14-15H2,1-3H3,(H,40,42)/b5-4+/t17-,18+/m1/s1. The summed E-state index contributed by atoms with van der Waals surface area (Å²) >= 11 is 13.5. The first-order valence-electron chi connectivity index (χ1n) is 15.7. The first kappa shape index (κ1) is 33.1. The number of hydrogen-bond acceptors (Lipinski definition) is 8. The Hall–Kier alpha value is -4.45. The number of anilines is 1. The Morgan fingerprint density at radius 1 is 1.18 bits per heavy atom. The minimum atomic E-state index is -2.77. The van der Waals surface area contributed by atoms with Gasteiger partial charge in [0.2, 0.25) is 5.91 Å². The molecule has 0 saturated carbocycles. The van der Waals surface area contributed by atoms with Crippen molar-refractivity contribution in [1.82, 2.24) is 40.0 Å². The van der Waals surface area contributed by atoms with E-state index in [-0.39, 0.29) is 41.2 Å². The molecule has 0 aliphatic carbocycles. The van der Waals surface area contributed by atoms with Gasteiger partial charge in [-0.1, -0.05) is 28.4 Å². The molecule has 2 aliphatic rings. The van der Waals surface area contributed by atoms with Crippen LogP contribution in [0.4, 0.5) is 19.0 Å². The van der Waals surface area contributed by atoms with Gasteiger partial charge >= 0.3 is 0 Å². The Balaban J connectivity index is 1.40. The molecule has 0 spiro atoms. The fraction of sp³-hybridized carbons (Fsp3) is 0.394. The molecule has 2 fully saturated rings. The van der Waals surface area contributed by atoms with Crippen molar-refractivity contribution in [3.63, 3.8) is 0 Å². The molecule has 1 amide bonds. The molecule has 7 rings (SSSR count). The number of aromatic nitrogens is 6. The second-order valence-corrected chi connectivity index (χ2v) is 13.6. The number of pyridine rings is 1. The number of hydrogen-bond donors (Lipinski definition) is 1. The summed E-state index contributed by atoms with van der Waals surface area (Å²) in [5.41, 5.74) is 2.98. The number of H-pyrrole nitrogens is 1. The zero-order chi connectivity index (χ0) is 34.7. The number of carbonyl (C=O) groups excluding carboxylic acids is 1. The third-order valence-electron chi connectivity index (χ3n) is 9.68. The van der Waals surface area contributed by atoms with Gasteiger partial charge in [-0.15, -0.1) is 5.10 Å². The number of piperidine rings is 1. The van der Waals surface area contributed by atoms with Crippen LogP contribution in [0, 0.1) is 24.1 Å². The van der Waals surface area contributed by atoms with Gasteiger partial charge in [0, 0.05) is 64.7 Å². The van der Waals surface area contributed by atoms with E-state index in [1.807, 2.05) is 19.0 Å². The van der Waals surface area contributed by atoms with E-state index < -0.39 is 24.2 Å². The highest BCUT2D eigenvalue weighted by Crippen LogP contribution is 2.45. The number of amides is 1. The van der Waals surface area contributed by atoms with E-state index >= 15 is 4.39 Å². The SMILES string of the molecule is Cc1c(Cl)cc2[nH]ncc2c1-c1c(Cl)cc2c(nc(N3CC(N(C)C)C3)c3nnn([C@H]4CCN(C(=O)/C=C/C(F)F)[C@H](CC#N)C4)c32)c1F. The summed E-state index contributed by atoms with van der Waals surface area (Å²) in [6.45, 7) is 3.29. The molecule has 2 aromatic carbocycles. The predicted molar refractivity (Wildman–Crippen MR) is 181 cm³/mol. The number of likely N-dealkylation sites (N-methyl/N-ethyl adjacent to an activating group) is 1. The van der Waals surface area contributed by atoms with Crippen molar-refractivity contribution in [2.45, 2.75) is 50.7 Å². The molecular formula is C33H31Cl2F3N10O. The molecule has 5 heterocycles. The topological polar surface area (TPSA) is 123 Å². The Morgan fingerprint density at radius 3 is 2.67 bits per heavy atom. The molecule has 2 atom stereocenters. The van der Waals surface area contributed by atoms with Crippen molar-refractivity contribution in [3.05, 3.63) is 51.9 Å². The lowest BCUT2D eigenvalue weighted by molar-refractivity contribution is -0.130. The summed E-state index contributed by atoms with van der Waals surface area (Å²) in [7, 11) is 4.00. The van der Waals surface area contributed by atoms with E-state index in [0.29, 0.717) is 81.3 Å². The van der Waals surface area contributed by atoms with Gasteiger partial charge in [-0.05, 0) is 57.6 Å². The van der Waals surface area contributed by atoms with Gasteiger partial charge < -0.3 is 14.7 Å². The predicted octanol–water partition coefficient (Wildman–Crippen LogP) is 6.29. The molecule has 3 aromatic heterocycles. The number of likely N-dealkylation sites (tertiary alicyclic amines) is 1. The Bertz CT molecular complexity index is 2190. The summed E-state index contributed by atoms with van der Waals surface area (Å²) in [6, 6.07) is 4.87. The van der Waals surface area contributed by atoms with Crippen molar-refractivity contribution in [1.29, 1.82) is 5.26 Å². The molecule has 0 radical (unpaired) electrons. The highest BCUT2D eigenvalue weighted by atomic mass is 35.5. The number of alkyl halides is 2. The first-order chi connectivity index (χ1) is 23.5. The summed E-state index contributed by atoms with van der Waals surface area (Å²) < 4.78 is 44.4. The molecule has 11 nitrogen and oxygen atoms in total. The first-order valence-corrected chi connectivity index (χ1v) is 16.5. The zero-order valence-electron chi connectivity index (χ0n) is 26.8. The lowest BCUT2D eigenvalue weighted by Gasteiger charge is -2.43. The van der Waals surface area contributed by atoms with Crippen molar-refractivity contribution >= 4 is 67.8 Å². The highest BCUT2D eigenvalue weighted by molar-refractivity contribution is 6.36. The van der Waals surface area contributed by atoms with Crippen molar-refractivity contribution in [2.75, 3.05) is 38.6 Å². The minimum Gasteiger partial charge on any atom is -0.351 e. The molecule has 0 unspecified atom stereocenters. The average molecular weight is 712 g/mol. The van der Waals surface area contributed by atoms with E-state index in [2.05, 4.69) is 31.5 Å². The van der Waals surface area contributed by atoms with Gasteiger partial charge in [0.1, 0.15) is 11.0 Å².